The van der Waals surface area contributed by atoms with Gasteiger partial charge in [-0.15, -0.1) is 11.3 Å². The Bertz CT molecular complexity index is 749. The predicted octanol–water partition coefficient (Wildman–Crippen LogP) is 3.62. The van der Waals surface area contributed by atoms with Gasteiger partial charge in [-0.25, -0.2) is 9.97 Å². The van der Waals surface area contributed by atoms with Gasteiger partial charge in [0.25, 0.3) is 0 Å². The topological polar surface area (TPSA) is 50.7 Å². The molecule has 0 bridgehead atoms. The third kappa shape index (κ3) is 2.17. The van der Waals surface area contributed by atoms with E-state index in [2.05, 4.69) is 43.8 Å². The number of hydrogen-bond acceptors (Lipinski definition) is 5. The summed E-state index contributed by atoms with van der Waals surface area (Å²) in [6, 6.07) is 8.27. The Hall–Kier alpha value is -2.01. The Morgan fingerprint density at radius 2 is 2.10 bits per heavy atom. The molecule has 1 aliphatic carbocycles. The average Bonchev–Trinajstić information content (AvgIpc) is 2.96. The summed E-state index contributed by atoms with van der Waals surface area (Å²) >= 11 is 1.65. The van der Waals surface area contributed by atoms with Gasteiger partial charge in [-0.3, -0.25) is 4.98 Å². The van der Waals surface area contributed by atoms with Crippen LogP contribution in [0.3, 0.4) is 0 Å². The van der Waals surface area contributed by atoms with Crippen LogP contribution >= 0.6 is 11.3 Å². The van der Waals surface area contributed by atoms with Gasteiger partial charge in [-0.2, -0.15) is 0 Å². The first-order valence-corrected chi connectivity index (χ1v) is 8.09. The minimum absolute atomic E-state index is 0.161. The van der Waals surface area contributed by atoms with E-state index in [0.717, 1.165) is 22.6 Å². The van der Waals surface area contributed by atoms with Crippen LogP contribution in [0.15, 0.2) is 42.2 Å². The molecule has 1 fully saturated rings. The van der Waals surface area contributed by atoms with E-state index in [-0.39, 0.29) is 5.41 Å². The molecule has 106 valence electrons. The molecule has 4 nitrogen and oxygen atoms in total. The first-order valence-electron chi connectivity index (χ1n) is 7.21. The van der Waals surface area contributed by atoms with Crippen LogP contribution in [0.1, 0.15) is 25.0 Å². The van der Waals surface area contributed by atoms with Crippen molar-refractivity contribution in [2.24, 2.45) is 0 Å². The zero-order chi connectivity index (χ0) is 14.1. The van der Waals surface area contributed by atoms with E-state index in [1.54, 1.807) is 17.7 Å². The van der Waals surface area contributed by atoms with Crippen LogP contribution < -0.4 is 5.32 Å². The zero-order valence-corrected chi connectivity index (χ0v) is 12.4. The van der Waals surface area contributed by atoms with Crippen LogP contribution in [0.25, 0.3) is 10.2 Å². The first kappa shape index (κ1) is 12.7. The molecule has 0 radical (unpaired) electrons. The van der Waals surface area contributed by atoms with Crippen LogP contribution in [-0.2, 0) is 5.41 Å². The van der Waals surface area contributed by atoms with Crippen molar-refractivity contribution >= 4 is 27.4 Å². The summed E-state index contributed by atoms with van der Waals surface area (Å²) in [5, 5.41) is 6.70. The number of fused-ring (bicyclic) bond motifs is 1. The van der Waals surface area contributed by atoms with Gasteiger partial charge in [-0.05, 0) is 36.4 Å². The average molecular weight is 296 g/mol. The Balaban J connectivity index is 1.60. The summed E-state index contributed by atoms with van der Waals surface area (Å²) in [5.41, 5.74) is 1.36. The van der Waals surface area contributed by atoms with E-state index in [1.807, 2.05) is 12.3 Å². The highest BCUT2D eigenvalue weighted by Crippen LogP contribution is 2.43. The Morgan fingerprint density at radius 3 is 2.86 bits per heavy atom. The number of hydrogen-bond donors (Lipinski definition) is 1. The molecule has 0 amide bonds. The SMILES string of the molecule is c1ccc(C2(CNc3ncnc4sccc34)CCC2)nc1. The number of aromatic nitrogens is 3. The largest absolute Gasteiger partial charge is 0.368 e. The highest BCUT2D eigenvalue weighted by atomic mass is 32.1. The lowest BCUT2D eigenvalue weighted by Crippen LogP contribution is -2.41. The molecule has 5 heteroatoms. The maximum atomic E-state index is 4.57. The number of nitrogens with one attached hydrogen (secondary N) is 1. The molecule has 21 heavy (non-hydrogen) atoms. The van der Waals surface area contributed by atoms with E-state index >= 15 is 0 Å². The van der Waals surface area contributed by atoms with Gasteiger partial charge >= 0.3 is 0 Å². The Labute approximate surface area is 127 Å². The van der Waals surface area contributed by atoms with Crippen molar-refractivity contribution < 1.29 is 0 Å². The quantitative estimate of drug-likeness (QED) is 0.799. The number of nitrogens with zero attached hydrogens (tertiary/aromatic N) is 3. The molecule has 0 aromatic carbocycles. The van der Waals surface area contributed by atoms with Crippen LogP contribution in [0.5, 0.6) is 0 Å². The summed E-state index contributed by atoms with van der Waals surface area (Å²) in [6.07, 6.45) is 7.17. The molecule has 0 aliphatic heterocycles. The first-order chi connectivity index (χ1) is 10.4. The van der Waals surface area contributed by atoms with E-state index in [4.69, 9.17) is 0 Å². The molecule has 1 saturated carbocycles. The number of pyridine rings is 1. The number of rotatable bonds is 4. The van der Waals surface area contributed by atoms with Gasteiger partial charge in [0.1, 0.15) is 17.0 Å². The fourth-order valence-electron chi connectivity index (χ4n) is 2.99. The van der Waals surface area contributed by atoms with E-state index in [9.17, 15) is 0 Å². The lowest BCUT2D eigenvalue weighted by atomic mass is 9.66. The Morgan fingerprint density at radius 1 is 1.14 bits per heavy atom. The molecule has 0 atom stereocenters. The molecule has 3 aromatic heterocycles. The lowest BCUT2D eigenvalue weighted by Gasteiger charge is -2.41. The highest BCUT2D eigenvalue weighted by molar-refractivity contribution is 7.16. The molecular weight excluding hydrogens is 280 g/mol. The predicted molar refractivity (Wildman–Crippen MR) is 85.7 cm³/mol. The molecule has 0 spiro atoms. The van der Waals surface area contributed by atoms with Crippen molar-refractivity contribution in [2.75, 3.05) is 11.9 Å². The third-order valence-electron chi connectivity index (χ3n) is 4.37. The molecule has 1 aliphatic rings. The summed E-state index contributed by atoms with van der Waals surface area (Å²) < 4.78 is 0. The van der Waals surface area contributed by atoms with Gasteiger partial charge < -0.3 is 5.32 Å². The molecule has 0 saturated heterocycles. The van der Waals surface area contributed by atoms with E-state index in [1.165, 1.54) is 25.0 Å². The molecular formula is C16H16N4S. The molecule has 4 rings (SSSR count). The van der Waals surface area contributed by atoms with Gasteiger partial charge in [0.05, 0.1) is 5.39 Å². The van der Waals surface area contributed by atoms with Crippen molar-refractivity contribution in [1.82, 2.24) is 15.0 Å². The monoisotopic (exact) mass is 296 g/mol. The van der Waals surface area contributed by atoms with Crippen LogP contribution in [0.4, 0.5) is 5.82 Å². The van der Waals surface area contributed by atoms with E-state index < -0.39 is 0 Å². The van der Waals surface area contributed by atoms with Crippen LogP contribution in [0.2, 0.25) is 0 Å². The van der Waals surface area contributed by atoms with Crippen molar-refractivity contribution in [3.63, 3.8) is 0 Å². The minimum atomic E-state index is 0.161. The normalized spacial score (nSPS) is 16.6. The van der Waals surface area contributed by atoms with Gasteiger partial charge in [0.15, 0.2) is 0 Å². The standard InChI is InChI=1S/C16H16N4S/c1-2-8-17-13(4-1)16(6-3-7-16)10-18-14-12-5-9-21-15(12)20-11-19-14/h1-2,4-5,8-9,11H,3,6-7,10H2,(H,18,19,20). The molecule has 0 unspecified atom stereocenters. The summed E-state index contributed by atoms with van der Waals surface area (Å²) in [5.74, 6) is 0.934. The zero-order valence-electron chi connectivity index (χ0n) is 11.6. The van der Waals surface area contributed by atoms with Gasteiger partial charge in [-0.1, -0.05) is 12.5 Å². The highest BCUT2D eigenvalue weighted by Gasteiger charge is 2.39. The van der Waals surface area contributed by atoms with Gasteiger partial charge in [0, 0.05) is 23.9 Å². The fourth-order valence-corrected chi connectivity index (χ4v) is 3.72. The maximum Gasteiger partial charge on any atom is 0.138 e. The molecule has 3 aromatic rings. The van der Waals surface area contributed by atoms with Crippen LogP contribution in [0, 0.1) is 0 Å². The smallest absolute Gasteiger partial charge is 0.138 e. The van der Waals surface area contributed by atoms with Gasteiger partial charge in [0.2, 0.25) is 0 Å². The minimum Gasteiger partial charge on any atom is -0.368 e. The Kier molecular flexibility index (Phi) is 3.07. The lowest BCUT2D eigenvalue weighted by molar-refractivity contribution is 0.253. The molecule has 1 N–H and O–H groups in total. The van der Waals surface area contributed by atoms with Crippen molar-refractivity contribution in [3.05, 3.63) is 47.9 Å². The second kappa shape index (κ2) is 5.07. The number of thiophene rings is 1. The third-order valence-corrected chi connectivity index (χ3v) is 5.20. The number of anilines is 1. The second-order valence-corrected chi connectivity index (χ2v) is 6.46. The van der Waals surface area contributed by atoms with Crippen molar-refractivity contribution in [2.45, 2.75) is 24.7 Å². The van der Waals surface area contributed by atoms with Crippen molar-refractivity contribution in [1.29, 1.82) is 0 Å². The summed E-state index contributed by atoms with van der Waals surface area (Å²) in [6.45, 7) is 0.881. The molecule has 3 heterocycles. The van der Waals surface area contributed by atoms with Crippen LogP contribution in [-0.4, -0.2) is 21.5 Å². The summed E-state index contributed by atoms with van der Waals surface area (Å²) in [4.78, 5) is 14.3. The van der Waals surface area contributed by atoms with E-state index in [0.29, 0.717) is 0 Å². The fraction of sp³-hybridized carbons (Fsp3) is 0.312. The van der Waals surface area contributed by atoms with Crippen molar-refractivity contribution in [3.8, 4) is 0 Å². The maximum absolute atomic E-state index is 4.57. The summed E-state index contributed by atoms with van der Waals surface area (Å²) in [7, 11) is 0. The second-order valence-electron chi connectivity index (χ2n) is 5.56.